The molecule has 0 unspecified atom stereocenters. The molecule has 0 heterocycles. The monoisotopic (exact) mass is 414 g/mol. The minimum absolute atomic E-state index is 0.0704. The van der Waals surface area contributed by atoms with Gasteiger partial charge in [0.15, 0.2) is 0 Å². The maximum absolute atomic E-state index is 12.3. The van der Waals surface area contributed by atoms with Crippen LogP contribution in [0.1, 0.15) is 42.3 Å². The van der Waals surface area contributed by atoms with Crippen LogP contribution in [-0.2, 0) is 25.9 Å². The van der Waals surface area contributed by atoms with E-state index < -0.39 is 29.7 Å². The van der Waals surface area contributed by atoms with E-state index in [-0.39, 0.29) is 12.2 Å². The van der Waals surface area contributed by atoms with Crippen LogP contribution < -0.4 is 0 Å². The number of aliphatic hydroxyl groups is 2. The van der Waals surface area contributed by atoms with E-state index >= 15 is 0 Å². The first-order valence-electron chi connectivity index (χ1n) is 9.36. The van der Waals surface area contributed by atoms with Crippen molar-refractivity contribution in [3.05, 3.63) is 77.4 Å². The lowest BCUT2D eigenvalue weighted by molar-refractivity contribution is -0.339. The Kier molecular flexibility index (Phi) is 8.02. The molecule has 0 aliphatic heterocycles. The number of hydrogen-bond donors (Lipinski definition) is 2. The van der Waals surface area contributed by atoms with Crippen molar-refractivity contribution in [3.63, 3.8) is 0 Å². The molecule has 2 aromatic carbocycles. The number of ketones is 1. The summed E-state index contributed by atoms with van der Waals surface area (Å²) in [6, 6.07) is 15.1. The zero-order valence-corrected chi connectivity index (χ0v) is 17.2. The van der Waals surface area contributed by atoms with E-state index in [1.54, 1.807) is 32.9 Å². The normalized spacial score (nSPS) is 12.2. The summed E-state index contributed by atoms with van der Waals surface area (Å²) in [7, 11) is 0. The molecule has 0 aliphatic rings. The SMILES string of the molecule is CC(C)(C)OC(=O)/C=C/c1ccc(C(=O)C(O)(O)COOCc2ccccc2)cc1. The van der Waals surface area contributed by atoms with Gasteiger partial charge in [-0.15, -0.1) is 0 Å². The van der Waals surface area contributed by atoms with Gasteiger partial charge in [-0.3, -0.25) is 4.79 Å². The summed E-state index contributed by atoms with van der Waals surface area (Å²) in [5, 5.41) is 20.0. The second-order valence-electron chi connectivity index (χ2n) is 7.64. The predicted molar refractivity (Wildman–Crippen MR) is 110 cm³/mol. The van der Waals surface area contributed by atoms with Crippen molar-refractivity contribution >= 4 is 17.8 Å². The number of benzene rings is 2. The Hall–Kier alpha value is -2.84. The fraction of sp³-hybridized carbons (Fsp3) is 0.304. The standard InChI is InChI=1S/C23H26O7/c1-22(2,3)30-20(24)14-11-17-9-12-19(13-10-17)21(25)23(26,27)16-29-28-15-18-7-5-4-6-8-18/h4-14,26-27H,15-16H2,1-3H3/b14-11+. The lowest BCUT2D eigenvalue weighted by Crippen LogP contribution is -2.43. The average Bonchev–Trinajstić information content (AvgIpc) is 2.69. The van der Waals surface area contributed by atoms with Crippen LogP contribution in [0.4, 0.5) is 0 Å². The molecule has 2 rings (SSSR count). The summed E-state index contributed by atoms with van der Waals surface area (Å²) in [6.45, 7) is 4.66. The minimum atomic E-state index is -2.75. The highest BCUT2D eigenvalue weighted by molar-refractivity contribution is 6.01. The molecule has 7 heteroatoms. The molecule has 0 saturated carbocycles. The molecular formula is C23H26O7. The molecule has 0 bridgehead atoms. The average molecular weight is 414 g/mol. The smallest absolute Gasteiger partial charge is 0.331 e. The number of carbonyl (C=O) groups excluding carboxylic acids is 2. The zero-order chi connectivity index (χ0) is 22.2. The van der Waals surface area contributed by atoms with E-state index in [1.807, 2.05) is 30.3 Å². The van der Waals surface area contributed by atoms with Gasteiger partial charge in [0, 0.05) is 11.6 Å². The van der Waals surface area contributed by atoms with E-state index in [1.165, 1.54) is 24.3 Å². The van der Waals surface area contributed by atoms with Gasteiger partial charge in [0.2, 0.25) is 5.78 Å². The van der Waals surface area contributed by atoms with Crippen molar-refractivity contribution in [1.29, 1.82) is 0 Å². The Morgan fingerprint density at radius 1 is 0.933 bits per heavy atom. The van der Waals surface area contributed by atoms with Gasteiger partial charge in [-0.2, -0.15) is 0 Å². The maximum Gasteiger partial charge on any atom is 0.331 e. The molecule has 0 aromatic heterocycles. The molecule has 30 heavy (non-hydrogen) atoms. The summed E-state index contributed by atoms with van der Waals surface area (Å²) < 4.78 is 5.17. The predicted octanol–water partition coefficient (Wildman–Crippen LogP) is 3.05. The summed E-state index contributed by atoms with van der Waals surface area (Å²) in [5.41, 5.74) is 0.957. The minimum Gasteiger partial charge on any atom is -0.457 e. The number of esters is 1. The van der Waals surface area contributed by atoms with Crippen LogP contribution in [0.15, 0.2) is 60.7 Å². The third-order valence-corrected chi connectivity index (χ3v) is 3.77. The lowest BCUT2D eigenvalue weighted by Gasteiger charge is -2.19. The highest BCUT2D eigenvalue weighted by atomic mass is 17.2. The van der Waals surface area contributed by atoms with Gasteiger partial charge in [-0.25, -0.2) is 14.6 Å². The van der Waals surface area contributed by atoms with Crippen LogP contribution in [0.25, 0.3) is 6.08 Å². The molecule has 0 fully saturated rings. The van der Waals surface area contributed by atoms with Crippen LogP contribution in [-0.4, -0.2) is 40.0 Å². The van der Waals surface area contributed by atoms with Crippen LogP contribution in [0.5, 0.6) is 0 Å². The molecule has 0 saturated heterocycles. The summed E-state index contributed by atoms with van der Waals surface area (Å²) in [5.74, 6) is -4.17. The number of Topliss-reactive ketones (excluding diaryl/α,β-unsaturated/α-hetero) is 1. The van der Waals surface area contributed by atoms with E-state index in [0.717, 1.165) is 5.56 Å². The highest BCUT2D eigenvalue weighted by Gasteiger charge is 2.35. The van der Waals surface area contributed by atoms with Crippen molar-refractivity contribution in [3.8, 4) is 0 Å². The van der Waals surface area contributed by atoms with E-state index in [4.69, 9.17) is 14.5 Å². The molecule has 0 spiro atoms. The van der Waals surface area contributed by atoms with E-state index in [0.29, 0.717) is 5.56 Å². The molecule has 0 radical (unpaired) electrons. The number of rotatable bonds is 9. The molecular weight excluding hydrogens is 388 g/mol. The first-order valence-corrected chi connectivity index (χ1v) is 9.36. The van der Waals surface area contributed by atoms with Crippen LogP contribution >= 0.6 is 0 Å². The van der Waals surface area contributed by atoms with E-state index in [9.17, 15) is 19.8 Å². The van der Waals surface area contributed by atoms with Gasteiger partial charge in [-0.1, -0.05) is 54.6 Å². The van der Waals surface area contributed by atoms with Crippen LogP contribution in [0, 0.1) is 0 Å². The van der Waals surface area contributed by atoms with Crippen molar-refractivity contribution in [2.24, 2.45) is 0 Å². The largest absolute Gasteiger partial charge is 0.457 e. The van der Waals surface area contributed by atoms with Gasteiger partial charge >= 0.3 is 5.97 Å². The second-order valence-corrected chi connectivity index (χ2v) is 7.64. The van der Waals surface area contributed by atoms with Gasteiger partial charge in [0.05, 0.1) is 0 Å². The Balaban J connectivity index is 1.88. The fourth-order valence-electron chi connectivity index (χ4n) is 2.35. The maximum atomic E-state index is 12.3. The van der Waals surface area contributed by atoms with Crippen molar-refractivity contribution < 1.29 is 34.3 Å². The Morgan fingerprint density at radius 3 is 2.17 bits per heavy atom. The van der Waals surface area contributed by atoms with Crippen LogP contribution in [0.3, 0.4) is 0 Å². The molecule has 160 valence electrons. The van der Waals surface area contributed by atoms with Crippen molar-refractivity contribution in [2.75, 3.05) is 6.61 Å². The molecule has 7 nitrogen and oxygen atoms in total. The summed E-state index contributed by atoms with van der Waals surface area (Å²) in [6.07, 6.45) is 2.82. The fourth-order valence-corrected chi connectivity index (χ4v) is 2.35. The molecule has 0 amide bonds. The molecule has 2 aromatic rings. The Labute approximate surface area is 175 Å². The molecule has 2 N–H and O–H groups in total. The van der Waals surface area contributed by atoms with Crippen LogP contribution in [0.2, 0.25) is 0 Å². The Morgan fingerprint density at radius 2 is 1.57 bits per heavy atom. The first kappa shape index (κ1) is 23.4. The number of ether oxygens (including phenoxy) is 1. The lowest BCUT2D eigenvalue weighted by atomic mass is 10.0. The van der Waals surface area contributed by atoms with E-state index in [2.05, 4.69) is 0 Å². The Bertz CT molecular complexity index is 863. The second kappa shape index (κ2) is 10.3. The zero-order valence-electron chi connectivity index (χ0n) is 17.2. The number of carbonyl (C=O) groups is 2. The third kappa shape index (κ3) is 7.88. The quantitative estimate of drug-likeness (QED) is 0.124. The summed E-state index contributed by atoms with van der Waals surface area (Å²) in [4.78, 5) is 33.8. The molecule has 0 aliphatic carbocycles. The molecule has 0 atom stereocenters. The van der Waals surface area contributed by atoms with Gasteiger partial charge in [-0.05, 0) is 38.0 Å². The van der Waals surface area contributed by atoms with Crippen molar-refractivity contribution in [2.45, 2.75) is 38.8 Å². The third-order valence-electron chi connectivity index (χ3n) is 3.77. The highest BCUT2D eigenvalue weighted by Crippen LogP contribution is 2.15. The topological polar surface area (TPSA) is 102 Å². The van der Waals surface area contributed by atoms with Gasteiger partial charge in [0.25, 0.3) is 5.79 Å². The summed E-state index contributed by atoms with van der Waals surface area (Å²) >= 11 is 0. The van der Waals surface area contributed by atoms with Crippen molar-refractivity contribution in [1.82, 2.24) is 0 Å². The van der Waals surface area contributed by atoms with Gasteiger partial charge < -0.3 is 14.9 Å². The number of hydrogen-bond acceptors (Lipinski definition) is 7. The first-order chi connectivity index (χ1) is 14.1. The van der Waals surface area contributed by atoms with Gasteiger partial charge in [0.1, 0.15) is 18.8 Å².